The summed E-state index contributed by atoms with van der Waals surface area (Å²) in [6, 6.07) is 0. The highest BCUT2D eigenvalue weighted by molar-refractivity contribution is 4.89. The van der Waals surface area contributed by atoms with E-state index in [1.165, 1.54) is 38.5 Å². The van der Waals surface area contributed by atoms with E-state index in [2.05, 4.69) is 12.2 Å². The van der Waals surface area contributed by atoms with E-state index in [1.54, 1.807) is 0 Å². The first-order valence-corrected chi connectivity index (χ1v) is 6.53. The Kier molecular flexibility index (Phi) is 3.68. The molecule has 2 aliphatic rings. The van der Waals surface area contributed by atoms with Crippen LogP contribution in [0, 0.1) is 11.8 Å². The van der Waals surface area contributed by atoms with Gasteiger partial charge < -0.3 is 10.1 Å². The summed E-state index contributed by atoms with van der Waals surface area (Å²) in [5.74, 6) is 1.79. The molecule has 0 aromatic carbocycles. The standard InChI is InChI=1S/C13H25NO/c1-11-5-7-13(8-6-11,10-14-2)15-9-12-3-4-12/h11-12,14H,3-10H2,1-2H3. The van der Waals surface area contributed by atoms with Gasteiger partial charge in [0.25, 0.3) is 0 Å². The van der Waals surface area contributed by atoms with Gasteiger partial charge in [-0.1, -0.05) is 6.92 Å². The minimum absolute atomic E-state index is 0.170. The fraction of sp³-hybridized carbons (Fsp3) is 1.00. The lowest BCUT2D eigenvalue weighted by Gasteiger charge is -2.39. The van der Waals surface area contributed by atoms with Gasteiger partial charge in [0.05, 0.1) is 12.2 Å². The van der Waals surface area contributed by atoms with Crippen LogP contribution in [0.5, 0.6) is 0 Å². The molecule has 2 rings (SSSR count). The number of hydrogen-bond donors (Lipinski definition) is 1. The molecule has 0 aromatic heterocycles. The van der Waals surface area contributed by atoms with Gasteiger partial charge in [-0.2, -0.15) is 0 Å². The van der Waals surface area contributed by atoms with Gasteiger partial charge >= 0.3 is 0 Å². The van der Waals surface area contributed by atoms with Gasteiger partial charge in [-0.3, -0.25) is 0 Å². The number of ether oxygens (including phenoxy) is 1. The predicted molar refractivity (Wildman–Crippen MR) is 63.0 cm³/mol. The van der Waals surface area contributed by atoms with Crippen LogP contribution in [0.2, 0.25) is 0 Å². The molecule has 0 spiro atoms. The molecule has 2 nitrogen and oxygen atoms in total. The molecule has 2 aliphatic carbocycles. The average molecular weight is 211 g/mol. The quantitative estimate of drug-likeness (QED) is 0.754. The summed E-state index contributed by atoms with van der Waals surface area (Å²) < 4.78 is 6.22. The van der Waals surface area contributed by atoms with Crippen molar-refractivity contribution in [2.75, 3.05) is 20.2 Å². The second-order valence-corrected chi connectivity index (χ2v) is 5.65. The molecule has 2 heteroatoms. The van der Waals surface area contributed by atoms with Crippen LogP contribution in [0.15, 0.2) is 0 Å². The summed E-state index contributed by atoms with van der Waals surface area (Å²) in [5, 5.41) is 3.31. The van der Waals surface area contributed by atoms with Crippen molar-refractivity contribution in [1.29, 1.82) is 0 Å². The lowest BCUT2D eigenvalue weighted by atomic mass is 9.79. The maximum Gasteiger partial charge on any atom is 0.0806 e. The van der Waals surface area contributed by atoms with Crippen molar-refractivity contribution in [3.63, 3.8) is 0 Å². The number of rotatable bonds is 5. The Hall–Kier alpha value is -0.0800. The third-order valence-electron chi connectivity index (χ3n) is 4.01. The molecule has 0 bridgehead atoms. The molecule has 0 aliphatic heterocycles. The van der Waals surface area contributed by atoms with E-state index < -0.39 is 0 Å². The van der Waals surface area contributed by atoms with Gasteiger partial charge in [0.1, 0.15) is 0 Å². The van der Waals surface area contributed by atoms with Crippen molar-refractivity contribution >= 4 is 0 Å². The molecule has 2 fully saturated rings. The summed E-state index contributed by atoms with van der Waals surface area (Å²) in [5.41, 5.74) is 0.170. The molecule has 0 radical (unpaired) electrons. The third kappa shape index (κ3) is 3.18. The van der Waals surface area contributed by atoms with E-state index in [-0.39, 0.29) is 5.60 Å². The topological polar surface area (TPSA) is 21.3 Å². The van der Waals surface area contributed by atoms with Gasteiger partial charge in [-0.25, -0.2) is 0 Å². The summed E-state index contributed by atoms with van der Waals surface area (Å²) >= 11 is 0. The van der Waals surface area contributed by atoms with Crippen LogP contribution in [0.1, 0.15) is 45.4 Å². The van der Waals surface area contributed by atoms with Gasteiger partial charge in [0.15, 0.2) is 0 Å². The van der Waals surface area contributed by atoms with Crippen molar-refractivity contribution in [3.05, 3.63) is 0 Å². The Morgan fingerprint density at radius 2 is 1.87 bits per heavy atom. The molecule has 0 atom stereocenters. The van der Waals surface area contributed by atoms with Crippen molar-refractivity contribution in [1.82, 2.24) is 5.32 Å². The van der Waals surface area contributed by atoms with Crippen LogP contribution in [-0.2, 0) is 4.74 Å². The van der Waals surface area contributed by atoms with Crippen LogP contribution >= 0.6 is 0 Å². The average Bonchev–Trinajstić information content (AvgIpc) is 3.04. The van der Waals surface area contributed by atoms with Crippen molar-refractivity contribution < 1.29 is 4.74 Å². The minimum atomic E-state index is 0.170. The molecule has 0 heterocycles. The zero-order chi connectivity index (χ0) is 10.7. The zero-order valence-electron chi connectivity index (χ0n) is 10.2. The molecule has 1 N–H and O–H groups in total. The van der Waals surface area contributed by atoms with Gasteiger partial charge in [-0.15, -0.1) is 0 Å². The Morgan fingerprint density at radius 3 is 2.40 bits per heavy atom. The Balaban J connectivity index is 1.83. The van der Waals surface area contributed by atoms with Gasteiger partial charge in [0.2, 0.25) is 0 Å². The van der Waals surface area contributed by atoms with Crippen LogP contribution in [0.4, 0.5) is 0 Å². The molecule has 2 saturated carbocycles. The Morgan fingerprint density at radius 1 is 1.20 bits per heavy atom. The summed E-state index contributed by atoms with van der Waals surface area (Å²) in [6.45, 7) is 4.41. The van der Waals surface area contributed by atoms with E-state index in [0.29, 0.717) is 0 Å². The van der Waals surface area contributed by atoms with E-state index in [1.807, 2.05) is 7.05 Å². The fourth-order valence-corrected chi connectivity index (χ4v) is 2.56. The fourth-order valence-electron chi connectivity index (χ4n) is 2.56. The largest absolute Gasteiger partial charge is 0.373 e. The molecule has 0 amide bonds. The first-order valence-electron chi connectivity index (χ1n) is 6.53. The molecule has 0 unspecified atom stereocenters. The monoisotopic (exact) mass is 211 g/mol. The van der Waals surface area contributed by atoms with E-state index in [0.717, 1.165) is 25.0 Å². The maximum absolute atomic E-state index is 6.22. The SMILES string of the molecule is CNCC1(OCC2CC2)CCC(C)CC1. The third-order valence-corrected chi connectivity index (χ3v) is 4.01. The highest BCUT2D eigenvalue weighted by atomic mass is 16.5. The normalized spacial score (nSPS) is 36.8. The number of nitrogens with one attached hydrogen (secondary N) is 1. The van der Waals surface area contributed by atoms with Crippen LogP contribution in [0.3, 0.4) is 0 Å². The van der Waals surface area contributed by atoms with E-state index in [4.69, 9.17) is 4.74 Å². The predicted octanol–water partition coefficient (Wildman–Crippen LogP) is 2.58. The van der Waals surface area contributed by atoms with Gasteiger partial charge in [0, 0.05) is 6.54 Å². The van der Waals surface area contributed by atoms with Gasteiger partial charge in [-0.05, 0) is 57.4 Å². The van der Waals surface area contributed by atoms with E-state index >= 15 is 0 Å². The van der Waals surface area contributed by atoms with Crippen LogP contribution in [0.25, 0.3) is 0 Å². The molecular formula is C13H25NO. The zero-order valence-corrected chi connectivity index (χ0v) is 10.2. The molecule has 0 saturated heterocycles. The smallest absolute Gasteiger partial charge is 0.0806 e. The summed E-state index contributed by atoms with van der Waals surface area (Å²) in [7, 11) is 2.04. The van der Waals surface area contributed by atoms with Crippen LogP contribution < -0.4 is 5.32 Å². The second-order valence-electron chi connectivity index (χ2n) is 5.65. The minimum Gasteiger partial charge on any atom is -0.373 e. The molecule has 0 aromatic rings. The van der Waals surface area contributed by atoms with Crippen LogP contribution in [-0.4, -0.2) is 25.8 Å². The summed E-state index contributed by atoms with van der Waals surface area (Å²) in [6.07, 6.45) is 7.97. The maximum atomic E-state index is 6.22. The van der Waals surface area contributed by atoms with Crippen molar-refractivity contribution in [2.24, 2.45) is 11.8 Å². The van der Waals surface area contributed by atoms with Crippen molar-refractivity contribution in [2.45, 2.75) is 51.0 Å². The van der Waals surface area contributed by atoms with Crippen molar-refractivity contribution in [3.8, 4) is 0 Å². The Labute approximate surface area is 93.8 Å². The molecular weight excluding hydrogens is 186 g/mol. The Bertz CT molecular complexity index is 193. The lowest BCUT2D eigenvalue weighted by molar-refractivity contribution is -0.0783. The van der Waals surface area contributed by atoms with E-state index in [9.17, 15) is 0 Å². The highest BCUT2D eigenvalue weighted by Gasteiger charge is 2.36. The highest BCUT2D eigenvalue weighted by Crippen LogP contribution is 2.37. The first-order chi connectivity index (χ1) is 7.24. The molecule has 88 valence electrons. The second kappa shape index (κ2) is 4.84. The molecule has 15 heavy (non-hydrogen) atoms. The lowest BCUT2D eigenvalue weighted by Crippen LogP contribution is -2.45. The number of hydrogen-bond acceptors (Lipinski definition) is 2. The number of likely N-dealkylation sites (N-methyl/N-ethyl adjacent to an activating group) is 1. The summed E-state index contributed by atoms with van der Waals surface area (Å²) in [4.78, 5) is 0. The first kappa shape index (κ1) is 11.4.